The van der Waals surface area contributed by atoms with Crippen LogP contribution in [0.2, 0.25) is 0 Å². The summed E-state index contributed by atoms with van der Waals surface area (Å²) in [5.74, 6) is 0. The van der Waals surface area contributed by atoms with Crippen molar-refractivity contribution < 1.29 is 0 Å². The summed E-state index contributed by atoms with van der Waals surface area (Å²) in [7, 11) is 0. The van der Waals surface area contributed by atoms with Gasteiger partial charge in [0.1, 0.15) is 0 Å². The lowest BCUT2D eigenvalue weighted by molar-refractivity contribution is 0.534. The molecule has 108 valence electrons. The summed E-state index contributed by atoms with van der Waals surface area (Å²) in [6.07, 6.45) is 5.64. The molecule has 1 N–H and O–H groups in total. The molecule has 21 heavy (non-hydrogen) atoms. The molecule has 3 aromatic rings. The van der Waals surface area contributed by atoms with Crippen molar-refractivity contribution >= 4 is 22.4 Å². The number of nitrogens with one attached hydrogen (secondary N) is 1. The molecule has 0 saturated heterocycles. The molecule has 2 aromatic heterocycles. The minimum absolute atomic E-state index is 0.281. The molecule has 0 bridgehead atoms. The smallest absolute Gasteiger partial charge is 0.0934 e. The number of fused-ring (bicyclic) bond motifs is 1. The Morgan fingerprint density at radius 3 is 2.86 bits per heavy atom. The van der Waals surface area contributed by atoms with E-state index in [0.29, 0.717) is 0 Å². The first-order valence-corrected chi connectivity index (χ1v) is 8.22. The molecule has 0 spiro atoms. The quantitative estimate of drug-likeness (QED) is 0.748. The highest BCUT2D eigenvalue weighted by Crippen LogP contribution is 2.26. The summed E-state index contributed by atoms with van der Waals surface area (Å²) >= 11 is 1.81. The van der Waals surface area contributed by atoms with Crippen LogP contribution < -0.4 is 5.32 Å². The van der Waals surface area contributed by atoms with Gasteiger partial charge in [0.05, 0.1) is 11.0 Å². The topological polar surface area (TPSA) is 37.8 Å². The van der Waals surface area contributed by atoms with Crippen molar-refractivity contribution in [2.45, 2.75) is 25.8 Å². The fourth-order valence-electron chi connectivity index (χ4n) is 2.54. The Labute approximate surface area is 129 Å². The van der Waals surface area contributed by atoms with Gasteiger partial charge in [0.2, 0.25) is 0 Å². The van der Waals surface area contributed by atoms with Crippen LogP contribution in [0.4, 0.5) is 0 Å². The highest BCUT2D eigenvalue weighted by molar-refractivity contribution is 7.09. The van der Waals surface area contributed by atoms with Gasteiger partial charge in [-0.3, -0.25) is 9.97 Å². The third-order valence-electron chi connectivity index (χ3n) is 3.53. The van der Waals surface area contributed by atoms with Gasteiger partial charge in [0.15, 0.2) is 0 Å². The summed E-state index contributed by atoms with van der Waals surface area (Å²) in [6.45, 7) is 3.20. The molecule has 1 unspecified atom stereocenters. The van der Waals surface area contributed by atoms with Gasteiger partial charge < -0.3 is 5.32 Å². The molecule has 0 saturated carbocycles. The number of aromatic nitrogens is 2. The van der Waals surface area contributed by atoms with Crippen LogP contribution in [0, 0.1) is 0 Å². The lowest BCUT2D eigenvalue weighted by Gasteiger charge is -2.19. The molecule has 0 aliphatic heterocycles. The molecular weight excluding hydrogens is 278 g/mol. The molecule has 3 nitrogen and oxygen atoms in total. The monoisotopic (exact) mass is 297 g/mol. The van der Waals surface area contributed by atoms with Crippen molar-refractivity contribution in [3.63, 3.8) is 0 Å². The Bertz CT molecular complexity index is 689. The average Bonchev–Trinajstić information content (AvgIpc) is 3.04. The second kappa shape index (κ2) is 6.78. The Morgan fingerprint density at radius 1 is 1.14 bits per heavy atom. The molecule has 3 rings (SSSR count). The molecule has 0 fully saturated rings. The first-order chi connectivity index (χ1) is 10.4. The molecule has 0 aliphatic carbocycles. The highest BCUT2D eigenvalue weighted by atomic mass is 32.1. The van der Waals surface area contributed by atoms with E-state index in [4.69, 9.17) is 0 Å². The molecule has 2 heterocycles. The molecule has 4 heteroatoms. The fraction of sp³-hybridized carbons (Fsp3) is 0.294. The van der Waals surface area contributed by atoms with Crippen LogP contribution >= 0.6 is 11.3 Å². The van der Waals surface area contributed by atoms with Crippen LogP contribution in [0.5, 0.6) is 0 Å². The van der Waals surface area contributed by atoms with E-state index < -0.39 is 0 Å². The highest BCUT2D eigenvalue weighted by Gasteiger charge is 2.16. The number of para-hydroxylation sites is 1. The lowest BCUT2D eigenvalue weighted by atomic mass is 10.0. The van der Waals surface area contributed by atoms with Crippen LogP contribution in [0.3, 0.4) is 0 Å². The molecule has 1 atom stereocenters. The van der Waals surface area contributed by atoms with E-state index in [1.807, 2.05) is 17.4 Å². The SMILES string of the molecule is CCCNC(Cc1cccs1)c1cccc2nccnc12. The van der Waals surface area contributed by atoms with E-state index in [0.717, 1.165) is 30.4 Å². The zero-order valence-corrected chi connectivity index (χ0v) is 12.9. The second-order valence-corrected chi connectivity index (χ2v) is 6.09. The Balaban J connectivity index is 1.97. The standard InChI is InChI=1S/C17H19N3S/c1-2-8-18-16(12-13-5-4-11-21-13)14-6-3-7-15-17(14)20-10-9-19-15/h3-7,9-11,16,18H,2,8,12H2,1H3. The van der Waals surface area contributed by atoms with Crippen molar-refractivity contribution in [1.82, 2.24) is 15.3 Å². The summed E-state index contributed by atoms with van der Waals surface area (Å²) in [4.78, 5) is 10.3. The van der Waals surface area contributed by atoms with E-state index in [1.54, 1.807) is 12.4 Å². The third-order valence-corrected chi connectivity index (χ3v) is 4.43. The van der Waals surface area contributed by atoms with Crippen molar-refractivity contribution in [3.05, 3.63) is 58.5 Å². The second-order valence-electron chi connectivity index (χ2n) is 5.06. The maximum Gasteiger partial charge on any atom is 0.0934 e. The maximum atomic E-state index is 4.54. The van der Waals surface area contributed by atoms with Gasteiger partial charge in [-0.1, -0.05) is 25.1 Å². The minimum atomic E-state index is 0.281. The van der Waals surface area contributed by atoms with Gasteiger partial charge in [-0.15, -0.1) is 11.3 Å². The molecule has 0 aliphatic rings. The van der Waals surface area contributed by atoms with Crippen LogP contribution in [0.25, 0.3) is 11.0 Å². The maximum absolute atomic E-state index is 4.54. The number of rotatable bonds is 6. The van der Waals surface area contributed by atoms with Crippen molar-refractivity contribution in [3.8, 4) is 0 Å². The zero-order valence-electron chi connectivity index (χ0n) is 12.1. The van der Waals surface area contributed by atoms with Crippen LogP contribution in [-0.2, 0) is 6.42 Å². The molecular formula is C17H19N3S. The van der Waals surface area contributed by atoms with Crippen LogP contribution in [0.1, 0.15) is 29.8 Å². The third kappa shape index (κ3) is 3.28. The Hall–Kier alpha value is -1.78. The van der Waals surface area contributed by atoms with E-state index in [1.165, 1.54) is 10.4 Å². The zero-order chi connectivity index (χ0) is 14.5. The van der Waals surface area contributed by atoms with E-state index in [-0.39, 0.29) is 6.04 Å². The largest absolute Gasteiger partial charge is 0.310 e. The predicted octanol–water partition coefficient (Wildman–Crippen LogP) is 3.97. The van der Waals surface area contributed by atoms with Gasteiger partial charge in [-0.05, 0) is 36.0 Å². The number of hydrogen-bond acceptors (Lipinski definition) is 4. The van der Waals surface area contributed by atoms with Crippen molar-refractivity contribution in [1.29, 1.82) is 0 Å². The van der Waals surface area contributed by atoms with Crippen molar-refractivity contribution in [2.24, 2.45) is 0 Å². The van der Waals surface area contributed by atoms with Crippen molar-refractivity contribution in [2.75, 3.05) is 6.54 Å². The van der Waals surface area contributed by atoms with E-state index in [2.05, 4.69) is 51.9 Å². The number of benzene rings is 1. The summed E-state index contributed by atoms with van der Waals surface area (Å²) < 4.78 is 0. The lowest BCUT2D eigenvalue weighted by Crippen LogP contribution is -2.24. The van der Waals surface area contributed by atoms with Crippen LogP contribution in [0.15, 0.2) is 48.1 Å². The predicted molar refractivity (Wildman–Crippen MR) is 88.6 cm³/mol. The normalized spacial score (nSPS) is 12.6. The van der Waals surface area contributed by atoms with E-state index >= 15 is 0 Å². The summed E-state index contributed by atoms with van der Waals surface area (Å²) in [5, 5.41) is 5.79. The van der Waals surface area contributed by atoms with E-state index in [9.17, 15) is 0 Å². The van der Waals surface area contributed by atoms with Gasteiger partial charge >= 0.3 is 0 Å². The number of thiophene rings is 1. The summed E-state index contributed by atoms with van der Waals surface area (Å²) in [6, 6.07) is 10.8. The van der Waals surface area contributed by atoms with Gasteiger partial charge in [-0.2, -0.15) is 0 Å². The van der Waals surface area contributed by atoms with Crippen LogP contribution in [-0.4, -0.2) is 16.5 Å². The molecule has 0 amide bonds. The number of hydrogen-bond donors (Lipinski definition) is 1. The Morgan fingerprint density at radius 2 is 2.05 bits per heavy atom. The summed E-state index contributed by atoms with van der Waals surface area (Å²) in [5.41, 5.74) is 3.21. The van der Waals surface area contributed by atoms with Gasteiger partial charge in [0.25, 0.3) is 0 Å². The Kier molecular flexibility index (Phi) is 4.58. The minimum Gasteiger partial charge on any atom is -0.310 e. The number of nitrogens with zero attached hydrogens (tertiary/aromatic N) is 2. The molecule has 0 radical (unpaired) electrons. The molecule has 1 aromatic carbocycles. The first-order valence-electron chi connectivity index (χ1n) is 7.34. The first kappa shape index (κ1) is 14.2. The van der Waals surface area contributed by atoms with Gasteiger partial charge in [-0.25, -0.2) is 0 Å². The van der Waals surface area contributed by atoms with Gasteiger partial charge in [0, 0.05) is 29.7 Å². The fourth-order valence-corrected chi connectivity index (χ4v) is 3.29. The average molecular weight is 297 g/mol.